The minimum absolute atomic E-state index is 0.254. The van der Waals surface area contributed by atoms with Gasteiger partial charge in [-0.1, -0.05) is 74.6 Å². The molecular formula is C18H28OSi. The summed E-state index contributed by atoms with van der Waals surface area (Å²) in [5, 5.41) is 0. The molecule has 1 nitrogen and oxygen atoms in total. The maximum absolute atomic E-state index is 6.33. The summed E-state index contributed by atoms with van der Waals surface area (Å²) in [5.41, 5.74) is 5.55. The molecule has 1 aromatic rings. The average molecular weight is 289 g/mol. The first kappa shape index (κ1) is 15.5. The van der Waals surface area contributed by atoms with Crippen LogP contribution in [0.25, 0.3) is 0 Å². The summed E-state index contributed by atoms with van der Waals surface area (Å²) >= 11 is 0. The van der Waals surface area contributed by atoms with Gasteiger partial charge in [0.1, 0.15) is 0 Å². The third kappa shape index (κ3) is 4.60. The first-order valence-electron chi connectivity index (χ1n) is 7.89. The van der Waals surface area contributed by atoms with Crippen LogP contribution in [-0.2, 0) is 4.74 Å². The van der Waals surface area contributed by atoms with Gasteiger partial charge in [-0.3, -0.25) is 0 Å². The molecule has 20 heavy (non-hydrogen) atoms. The van der Waals surface area contributed by atoms with Gasteiger partial charge in [-0.15, -0.1) is 0 Å². The molecule has 2 heteroatoms. The summed E-state index contributed by atoms with van der Waals surface area (Å²) in [7, 11) is -1.15. The minimum Gasteiger partial charge on any atom is -0.370 e. The Morgan fingerprint density at radius 3 is 2.45 bits per heavy atom. The van der Waals surface area contributed by atoms with Crippen molar-refractivity contribution in [3.8, 4) is 0 Å². The Bertz CT molecular complexity index is 444. The molecule has 2 atom stereocenters. The fraction of sp³-hybridized carbons (Fsp3) is 0.556. The fourth-order valence-electron chi connectivity index (χ4n) is 3.03. The number of benzene rings is 1. The lowest BCUT2D eigenvalue weighted by Gasteiger charge is -2.33. The van der Waals surface area contributed by atoms with Crippen molar-refractivity contribution in [3.63, 3.8) is 0 Å². The molecule has 1 aliphatic heterocycles. The maximum Gasteiger partial charge on any atom is 0.0865 e. The fourth-order valence-corrected chi connectivity index (χ4v) is 4.49. The van der Waals surface area contributed by atoms with E-state index in [-0.39, 0.29) is 6.10 Å². The molecule has 1 aliphatic rings. The second kappa shape index (κ2) is 6.73. The summed E-state index contributed by atoms with van der Waals surface area (Å²) in [5.74, 6) is 0. The number of hydrogen-bond donors (Lipinski definition) is 0. The normalized spacial score (nSPS) is 25.9. The van der Waals surface area contributed by atoms with Crippen molar-refractivity contribution in [3.05, 3.63) is 47.2 Å². The highest BCUT2D eigenvalue weighted by Gasteiger charge is 2.27. The van der Waals surface area contributed by atoms with E-state index in [2.05, 4.69) is 62.6 Å². The molecule has 1 aromatic carbocycles. The highest BCUT2D eigenvalue weighted by Crippen LogP contribution is 2.36. The van der Waals surface area contributed by atoms with Crippen LogP contribution in [0.4, 0.5) is 0 Å². The Kier molecular flexibility index (Phi) is 5.22. The van der Waals surface area contributed by atoms with Gasteiger partial charge in [0.05, 0.1) is 20.3 Å². The van der Waals surface area contributed by atoms with Crippen molar-refractivity contribution >= 4 is 8.07 Å². The van der Waals surface area contributed by atoms with Crippen LogP contribution in [0.1, 0.15) is 44.3 Å². The van der Waals surface area contributed by atoms with Crippen molar-refractivity contribution in [2.45, 2.75) is 64.5 Å². The van der Waals surface area contributed by atoms with Crippen LogP contribution >= 0.6 is 0 Å². The Balaban J connectivity index is 2.19. The van der Waals surface area contributed by atoms with Gasteiger partial charge in [-0.05, 0) is 24.8 Å². The van der Waals surface area contributed by atoms with Gasteiger partial charge in [0.15, 0.2) is 0 Å². The third-order valence-electron chi connectivity index (χ3n) is 3.71. The van der Waals surface area contributed by atoms with E-state index in [1.54, 1.807) is 5.57 Å². The Labute approximate surface area is 125 Å². The van der Waals surface area contributed by atoms with Crippen LogP contribution in [-0.4, -0.2) is 14.2 Å². The molecule has 2 rings (SSSR count). The zero-order valence-corrected chi connectivity index (χ0v) is 14.4. The van der Waals surface area contributed by atoms with E-state index >= 15 is 0 Å². The van der Waals surface area contributed by atoms with Gasteiger partial charge in [0, 0.05) is 0 Å². The largest absolute Gasteiger partial charge is 0.370 e. The zero-order chi connectivity index (χ0) is 14.6. The van der Waals surface area contributed by atoms with Crippen molar-refractivity contribution < 1.29 is 4.74 Å². The topological polar surface area (TPSA) is 9.23 Å². The lowest BCUT2D eigenvalue weighted by Crippen LogP contribution is -2.26. The van der Waals surface area contributed by atoms with E-state index < -0.39 is 8.07 Å². The summed E-state index contributed by atoms with van der Waals surface area (Å²) in [4.78, 5) is 0. The number of rotatable bonds is 4. The van der Waals surface area contributed by atoms with Gasteiger partial charge in [0.25, 0.3) is 0 Å². The van der Waals surface area contributed by atoms with Gasteiger partial charge >= 0.3 is 0 Å². The van der Waals surface area contributed by atoms with Crippen LogP contribution in [0.2, 0.25) is 19.6 Å². The van der Waals surface area contributed by atoms with Crippen molar-refractivity contribution in [1.82, 2.24) is 0 Å². The van der Waals surface area contributed by atoms with Gasteiger partial charge in [-0.25, -0.2) is 0 Å². The quantitative estimate of drug-likeness (QED) is 0.664. The average Bonchev–Trinajstić information content (AvgIpc) is 2.38. The first-order chi connectivity index (χ1) is 9.48. The number of hydrogen-bond acceptors (Lipinski definition) is 1. The maximum atomic E-state index is 6.33. The second-order valence-electron chi connectivity index (χ2n) is 7.02. The zero-order valence-electron chi connectivity index (χ0n) is 13.4. The molecule has 0 aliphatic carbocycles. The Morgan fingerprint density at radius 1 is 1.15 bits per heavy atom. The summed E-state index contributed by atoms with van der Waals surface area (Å²) in [6, 6.07) is 10.7. The van der Waals surface area contributed by atoms with Crippen molar-refractivity contribution in [2.24, 2.45) is 0 Å². The first-order valence-corrected chi connectivity index (χ1v) is 11.5. The van der Waals surface area contributed by atoms with Crippen LogP contribution in [0.5, 0.6) is 0 Å². The summed E-state index contributed by atoms with van der Waals surface area (Å²) in [6.07, 6.45) is 5.25. The molecular weight excluding hydrogens is 260 g/mol. The number of ether oxygens (including phenoxy) is 1. The summed E-state index contributed by atoms with van der Waals surface area (Å²) < 4.78 is 6.33. The minimum atomic E-state index is -1.15. The van der Waals surface area contributed by atoms with Crippen LogP contribution < -0.4 is 0 Å². The Morgan fingerprint density at radius 2 is 1.85 bits per heavy atom. The molecule has 1 fully saturated rings. The SMILES string of the molecule is CCC[C@@H]1C/C(=C/[Si](C)(C)C)C[C@H](c2ccccc2)O1. The second-order valence-corrected chi connectivity index (χ2v) is 12.0. The van der Waals surface area contributed by atoms with E-state index in [4.69, 9.17) is 4.74 Å². The van der Waals surface area contributed by atoms with E-state index in [1.807, 2.05) is 0 Å². The van der Waals surface area contributed by atoms with E-state index in [0.717, 1.165) is 12.8 Å². The molecule has 110 valence electrons. The summed E-state index contributed by atoms with van der Waals surface area (Å²) in [6.45, 7) is 9.50. The predicted octanol–water partition coefficient (Wildman–Crippen LogP) is 5.51. The highest BCUT2D eigenvalue weighted by molar-refractivity contribution is 6.81. The standard InChI is InChI=1S/C18H28OSi/c1-5-9-17-12-15(14-20(2,3)4)13-18(19-17)16-10-7-6-8-11-16/h6-8,10-11,14,17-18H,5,9,12-13H2,1-4H3/b15-14-/t17-,18-/m1/s1. The van der Waals surface area contributed by atoms with Crippen molar-refractivity contribution in [1.29, 1.82) is 0 Å². The van der Waals surface area contributed by atoms with E-state index in [0.29, 0.717) is 6.10 Å². The highest BCUT2D eigenvalue weighted by atomic mass is 28.3. The van der Waals surface area contributed by atoms with E-state index in [9.17, 15) is 0 Å². The molecule has 1 heterocycles. The van der Waals surface area contributed by atoms with E-state index in [1.165, 1.54) is 18.4 Å². The molecule has 1 saturated heterocycles. The van der Waals surface area contributed by atoms with Crippen LogP contribution in [0, 0.1) is 0 Å². The smallest absolute Gasteiger partial charge is 0.0865 e. The molecule has 0 N–H and O–H groups in total. The lowest BCUT2D eigenvalue weighted by molar-refractivity contribution is -0.0367. The predicted molar refractivity (Wildman–Crippen MR) is 89.6 cm³/mol. The van der Waals surface area contributed by atoms with Crippen molar-refractivity contribution in [2.75, 3.05) is 0 Å². The van der Waals surface area contributed by atoms with Crippen LogP contribution in [0.3, 0.4) is 0 Å². The van der Waals surface area contributed by atoms with Crippen LogP contribution in [0.15, 0.2) is 41.6 Å². The lowest BCUT2D eigenvalue weighted by atomic mass is 9.93. The molecule has 0 amide bonds. The molecule has 0 saturated carbocycles. The Hall–Kier alpha value is -0.863. The molecule has 0 aromatic heterocycles. The van der Waals surface area contributed by atoms with Gasteiger partial charge < -0.3 is 4.74 Å². The molecule has 0 radical (unpaired) electrons. The molecule has 0 spiro atoms. The van der Waals surface area contributed by atoms with Gasteiger partial charge in [0.2, 0.25) is 0 Å². The third-order valence-corrected chi connectivity index (χ3v) is 4.99. The van der Waals surface area contributed by atoms with Gasteiger partial charge in [-0.2, -0.15) is 0 Å². The molecule has 0 bridgehead atoms. The monoisotopic (exact) mass is 288 g/mol. The molecule has 0 unspecified atom stereocenters.